The lowest BCUT2D eigenvalue weighted by Crippen LogP contribution is -2.28. The molecule has 1 aromatic rings. The molecule has 0 saturated carbocycles. The molecule has 1 N–H and O–H groups in total. The zero-order valence-corrected chi connectivity index (χ0v) is 10.3. The predicted molar refractivity (Wildman–Crippen MR) is 58.6 cm³/mol. The third kappa shape index (κ3) is 3.82. The van der Waals surface area contributed by atoms with Crippen LogP contribution in [0.2, 0.25) is 0 Å². The van der Waals surface area contributed by atoms with Crippen molar-refractivity contribution in [1.82, 2.24) is 15.1 Å². The number of aromatic nitrogens is 2. The van der Waals surface area contributed by atoms with Gasteiger partial charge in [-0.25, -0.2) is 8.42 Å². The van der Waals surface area contributed by atoms with Crippen molar-refractivity contribution < 1.29 is 13.2 Å². The maximum Gasteiger partial charge on any atom is 0.264 e. The molecule has 0 radical (unpaired) electrons. The first-order chi connectivity index (χ1) is 7.43. The van der Waals surface area contributed by atoms with E-state index in [1.165, 1.54) is 10.9 Å². The van der Waals surface area contributed by atoms with Crippen molar-refractivity contribution in [2.75, 3.05) is 6.54 Å². The van der Waals surface area contributed by atoms with Crippen molar-refractivity contribution in [3.8, 4) is 0 Å². The zero-order valence-electron chi connectivity index (χ0n) is 8.68. The fraction of sp³-hybridized carbons (Fsp3) is 0.500. The number of hydrogen-bond acceptors (Lipinski definition) is 4. The van der Waals surface area contributed by atoms with Crippen LogP contribution in [0.4, 0.5) is 0 Å². The van der Waals surface area contributed by atoms with Gasteiger partial charge in [0.05, 0.1) is 6.20 Å². The van der Waals surface area contributed by atoms with Crippen LogP contribution in [0.3, 0.4) is 0 Å². The lowest BCUT2D eigenvalue weighted by molar-refractivity contribution is -0.121. The molecule has 0 aliphatic rings. The summed E-state index contributed by atoms with van der Waals surface area (Å²) in [5, 5.41) is 6.37. The molecule has 6 nitrogen and oxygen atoms in total. The number of nitrogens with zero attached hydrogens (tertiary/aromatic N) is 2. The van der Waals surface area contributed by atoms with Gasteiger partial charge < -0.3 is 5.32 Å². The number of rotatable bonds is 5. The molecule has 1 heterocycles. The number of carbonyl (C=O) groups excluding carboxylic acids is 1. The highest BCUT2D eigenvalue weighted by Gasteiger charge is 2.13. The van der Waals surface area contributed by atoms with Crippen molar-refractivity contribution in [2.45, 2.75) is 24.8 Å². The van der Waals surface area contributed by atoms with Crippen LogP contribution in [-0.2, 0) is 20.4 Å². The Morgan fingerprint density at radius 1 is 1.62 bits per heavy atom. The first-order valence-corrected chi connectivity index (χ1v) is 6.98. The zero-order chi connectivity index (χ0) is 12.2. The Morgan fingerprint density at radius 3 is 2.81 bits per heavy atom. The normalized spacial score (nSPS) is 11.4. The molecule has 1 aromatic heterocycles. The topological polar surface area (TPSA) is 81.1 Å². The Balaban J connectivity index is 2.63. The number of nitrogens with one attached hydrogen (secondary N) is 1. The highest BCUT2D eigenvalue weighted by Crippen LogP contribution is 2.12. The summed E-state index contributed by atoms with van der Waals surface area (Å²) in [7, 11) is 1.33. The van der Waals surface area contributed by atoms with Crippen LogP contribution in [0.5, 0.6) is 0 Å². The number of carbonyl (C=O) groups is 1. The van der Waals surface area contributed by atoms with Crippen LogP contribution >= 0.6 is 10.7 Å². The van der Waals surface area contributed by atoms with Crippen LogP contribution in [0.1, 0.15) is 13.3 Å². The minimum atomic E-state index is -3.78. The van der Waals surface area contributed by atoms with Gasteiger partial charge >= 0.3 is 0 Å². The van der Waals surface area contributed by atoms with E-state index in [1.807, 2.05) is 6.92 Å². The van der Waals surface area contributed by atoms with Crippen molar-refractivity contribution in [2.24, 2.45) is 0 Å². The first kappa shape index (κ1) is 13.0. The van der Waals surface area contributed by atoms with Crippen molar-refractivity contribution in [1.29, 1.82) is 0 Å². The maximum absolute atomic E-state index is 11.3. The molecule has 0 unspecified atom stereocenters. The minimum Gasteiger partial charge on any atom is -0.355 e. The quantitative estimate of drug-likeness (QED) is 0.779. The molecule has 0 fully saturated rings. The van der Waals surface area contributed by atoms with Crippen molar-refractivity contribution in [3.05, 3.63) is 12.4 Å². The molecule has 1 amide bonds. The average Bonchev–Trinajstić information content (AvgIpc) is 2.62. The van der Waals surface area contributed by atoms with Gasteiger partial charge in [-0.2, -0.15) is 5.10 Å². The van der Waals surface area contributed by atoms with Gasteiger partial charge in [0.1, 0.15) is 11.4 Å². The molecule has 0 aliphatic carbocycles. The molecular formula is C8H12ClN3O3S. The lowest BCUT2D eigenvalue weighted by atomic mass is 10.4. The van der Waals surface area contributed by atoms with Gasteiger partial charge in [-0.1, -0.05) is 6.92 Å². The summed E-state index contributed by atoms with van der Waals surface area (Å²) in [6, 6.07) is 0. The van der Waals surface area contributed by atoms with Gasteiger partial charge in [-0.05, 0) is 6.42 Å². The Labute approximate surface area is 98.0 Å². The SMILES string of the molecule is CCCNC(=O)Cn1cc(S(=O)(=O)Cl)cn1. The fourth-order valence-electron chi connectivity index (χ4n) is 1.02. The molecular weight excluding hydrogens is 254 g/mol. The number of amides is 1. The highest BCUT2D eigenvalue weighted by molar-refractivity contribution is 8.13. The van der Waals surface area contributed by atoms with Gasteiger partial charge in [-0.15, -0.1) is 0 Å². The maximum atomic E-state index is 11.3. The molecule has 8 heteroatoms. The van der Waals surface area contributed by atoms with E-state index < -0.39 is 9.05 Å². The predicted octanol–water partition coefficient (Wildman–Crippen LogP) is 0.337. The Hall–Kier alpha value is -1.08. The van der Waals surface area contributed by atoms with E-state index in [1.54, 1.807) is 0 Å². The van der Waals surface area contributed by atoms with E-state index in [9.17, 15) is 13.2 Å². The molecule has 1 rings (SSSR count). The van der Waals surface area contributed by atoms with E-state index >= 15 is 0 Å². The second kappa shape index (κ2) is 5.31. The monoisotopic (exact) mass is 265 g/mol. The molecule has 0 saturated heterocycles. The van der Waals surface area contributed by atoms with Gasteiger partial charge in [0, 0.05) is 23.4 Å². The fourth-order valence-corrected chi connectivity index (χ4v) is 1.68. The summed E-state index contributed by atoms with van der Waals surface area (Å²) in [5.74, 6) is -0.219. The van der Waals surface area contributed by atoms with E-state index in [2.05, 4.69) is 10.4 Å². The van der Waals surface area contributed by atoms with E-state index in [0.29, 0.717) is 6.54 Å². The number of hydrogen-bond donors (Lipinski definition) is 1. The van der Waals surface area contributed by atoms with Crippen LogP contribution in [0.15, 0.2) is 17.3 Å². The smallest absolute Gasteiger partial charge is 0.264 e. The first-order valence-electron chi connectivity index (χ1n) is 4.67. The second-order valence-electron chi connectivity index (χ2n) is 3.16. The van der Waals surface area contributed by atoms with Crippen LogP contribution in [-0.4, -0.2) is 30.7 Å². The standard InChI is InChI=1S/C8H12ClN3O3S/c1-2-3-10-8(13)6-12-5-7(4-11-12)16(9,14)15/h4-5H,2-3,6H2,1H3,(H,10,13). The molecule has 0 aromatic carbocycles. The number of halogens is 1. The van der Waals surface area contributed by atoms with Crippen LogP contribution in [0.25, 0.3) is 0 Å². The van der Waals surface area contributed by atoms with Gasteiger partial charge in [0.15, 0.2) is 0 Å². The summed E-state index contributed by atoms with van der Waals surface area (Å²) in [5.41, 5.74) is 0. The molecule has 16 heavy (non-hydrogen) atoms. The Bertz CT molecular complexity index is 469. The molecule has 0 aliphatic heterocycles. The van der Waals surface area contributed by atoms with Gasteiger partial charge in [-0.3, -0.25) is 9.48 Å². The molecule has 90 valence electrons. The highest BCUT2D eigenvalue weighted by atomic mass is 35.7. The molecule has 0 atom stereocenters. The molecule has 0 bridgehead atoms. The van der Waals surface area contributed by atoms with E-state index in [0.717, 1.165) is 12.6 Å². The summed E-state index contributed by atoms with van der Waals surface area (Å²) >= 11 is 0. The Morgan fingerprint density at radius 2 is 2.31 bits per heavy atom. The second-order valence-corrected chi connectivity index (χ2v) is 5.73. The Kier molecular flexibility index (Phi) is 4.31. The minimum absolute atomic E-state index is 0.0214. The summed E-state index contributed by atoms with van der Waals surface area (Å²) in [4.78, 5) is 11.2. The molecule has 0 spiro atoms. The largest absolute Gasteiger partial charge is 0.355 e. The van der Waals surface area contributed by atoms with Crippen molar-refractivity contribution >= 4 is 25.6 Å². The van der Waals surface area contributed by atoms with Crippen LogP contribution < -0.4 is 5.32 Å². The lowest BCUT2D eigenvalue weighted by Gasteiger charge is -2.02. The summed E-state index contributed by atoms with van der Waals surface area (Å²) < 4.78 is 23.1. The summed E-state index contributed by atoms with van der Waals surface area (Å²) in [6.45, 7) is 2.50. The average molecular weight is 266 g/mol. The van der Waals surface area contributed by atoms with Crippen molar-refractivity contribution in [3.63, 3.8) is 0 Å². The summed E-state index contributed by atoms with van der Waals surface area (Å²) in [6.07, 6.45) is 3.16. The van der Waals surface area contributed by atoms with Gasteiger partial charge in [0.2, 0.25) is 5.91 Å². The van der Waals surface area contributed by atoms with Crippen LogP contribution in [0, 0.1) is 0 Å². The van der Waals surface area contributed by atoms with E-state index in [4.69, 9.17) is 10.7 Å². The third-order valence-corrected chi connectivity index (χ3v) is 3.08. The van der Waals surface area contributed by atoms with E-state index in [-0.39, 0.29) is 17.3 Å². The third-order valence-electron chi connectivity index (χ3n) is 1.77. The van der Waals surface area contributed by atoms with Gasteiger partial charge in [0.25, 0.3) is 9.05 Å².